The Hall–Kier alpha value is -3.19. The molecular weight excluding hydrogens is 416 g/mol. The molecule has 0 spiro atoms. The van der Waals surface area contributed by atoms with E-state index in [0.717, 1.165) is 52.2 Å². The van der Waals surface area contributed by atoms with Crippen LogP contribution in [0.1, 0.15) is 49.0 Å². The molecule has 3 aromatic heterocycles. The van der Waals surface area contributed by atoms with Gasteiger partial charge < -0.3 is 18.6 Å². The van der Waals surface area contributed by atoms with Crippen LogP contribution >= 0.6 is 0 Å². The van der Waals surface area contributed by atoms with Gasteiger partial charge in [0.25, 0.3) is 0 Å². The number of benzene rings is 1. The topological polar surface area (TPSA) is 71.2 Å². The van der Waals surface area contributed by atoms with E-state index in [-0.39, 0.29) is 5.78 Å². The number of carbonyl (C=O) groups is 1. The fraction of sp³-hybridized carbons (Fsp3) is 0.423. The van der Waals surface area contributed by atoms with Crippen LogP contribution in [0.25, 0.3) is 33.6 Å². The highest BCUT2D eigenvalue weighted by molar-refractivity contribution is 6.01. The number of Topliss-reactive ketones (excluding diaryl/α,β-unsaturated/α-hetero) is 1. The predicted molar refractivity (Wildman–Crippen MR) is 129 cm³/mol. The number of hydrogen-bond acceptors (Lipinski definition) is 5. The van der Waals surface area contributed by atoms with Gasteiger partial charge in [-0.2, -0.15) is 0 Å². The smallest absolute Gasteiger partial charge is 0.162 e. The zero-order valence-electron chi connectivity index (χ0n) is 19.7. The molecule has 7 heteroatoms. The Morgan fingerprint density at radius 1 is 1.12 bits per heavy atom. The van der Waals surface area contributed by atoms with Crippen LogP contribution in [0.5, 0.6) is 5.75 Å². The van der Waals surface area contributed by atoms with Crippen molar-refractivity contribution in [3.8, 4) is 17.3 Å². The molecule has 1 saturated carbocycles. The SMILES string of the molecule is CCC(=O)c1cc(OC)c2c(c1)nc(-c1cc3cc(COC)cnc3n1CC1CC1)n2CC. The number of pyridine rings is 1. The summed E-state index contributed by atoms with van der Waals surface area (Å²) < 4.78 is 15.5. The van der Waals surface area contributed by atoms with Gasteiger partial charge in [0.15, 0.2) is 11.6 Å². The largest absolute Gasteiger partial charge is 0.494 e. The molecular formula is C26H30N4O3. The van der Waals surface area contributed by atoms with E-state index in [1.807, 2.05) is 25.3 Å². The lowest BCUT2D eigenvalue weighted by atomic mass is 10.1. The predicted octanol–water partition coefficient (Wildman–Crippen LogP) is 5.23. The average Bonchev–Trinajstić information content (AvgIpc) is 3.47. The highest BCUT2D eigenvalue weighted by atomic mass is 16.5. The van der Waals surface area contributed by atoms with E-state index in [2.05, 4.69) is 28.2 Å². The maximum atomic E-state index is 12.4. The standard InChI is InChI=1S/C26H30N4O3/c1-5-22(31)18-10-20-24(23(12-18)33-4)29(6-2)26(28-20)21-11-19-9-17(15-32-3)13-27-25(19)30(21)14-16-7-8-16/h9-13,16H,5-8,14-15H2,1-4H3. The molecule has 0 unspecified atom stereocenters. The molecule has 0 bridgehead atoms. The molecule has 33 heavy (non-hydrogen) atoms. The monoisotopic (exact) mass is 446 g/mol. The van der Waals surface area contributed by atoms with Gasteiger partial charge in [-0.25, -0.2) is 9.97 Å². The van der Waals surface area contributed by atoms with Crippen molar-refractivity contribution in [3.05, 3.63) is 41.6 Å². The zero-order chi connectivity index (χ0) is 23.1. The molecule has 1 aromatic carbocycles. The Balaban J connectivity index is 1.75. The van der Waals surface area contributed by atoms with Crippen LogP contribution < -0.4 is 4.74 Å². The molecule has 0 atom stereocenters. The lowest BCUT2D eigenvalue weighted by Gasteiger charge is -2.12. The Morgan fingerprint density at radius 3 is 2.61 bits per heavy atom. The van der Waals surface area contributed by atoms with Gasteiger partial charge in [-0.15, -0.1) is 0 Å². The number of imidazole rings is 1. The van der Waals surface area contributed by atoms with E-state index in [1.165, 1.54) is 12.8 Å². The van der Waals surface area contributed by atoms with Crippen LogP contribution in [0.15, 0.2) is 30.5 Å². The van der Waals surface area contributed by atoms with Gasteiger partial charge in [0, 0.05) is 43.8 Å². The van der Waals surface area contributed by atoms with Gasteiger partial charge in [0.2, 0.25) is 0 Å². The van der Waals surface area contributed by atoms with Crippen molar-refractivity contribution in [2.24, 2.45) is 5.92 Å². The summed E-state index contributed by atoms with van der Waals surface area (Å²) in [7, 11) is 3.34. The first kappa shape index (κ1) is 21.6. The van der Waals surface area contributed by atoms with Gasteiger partial charge >= 0.3 is 0 Å². The van der Waals surface area contributed by atoms with Crippen molar-refractivity contribution < 1.29 is 14.3 Å². The first-order valence-corrected chi connectivity index (χ1v) is 11.7. The number of methoxy groups -OCH3 is 2. The third kappa shape index (κ3) is 3.80. The summed E-state index contributed by atoms with van der Waals surface area (Å²) in [6.45, 7) is 6.18. The third-order valence-corrected chi connectivity index (χ3v) is 6.45. The number of aryl methyl sites for hydroxylation is 1. The summed E-state index contributed by atoms with van der Waals surface area (Å²) >= 11 is 0. The Kier molecular flexibility index (Phi) is 5.66. The summed E-state index contributed by atoms with van der Waals surface area (Å²) in [4.78, 5) is 22.3. The van der Waals surface area contributed by atoms with Crippen molar-refractivity contribution in [1.82, 2.24) is 19.1 Å². The lowest BCUT2D eigenvalue weighted by Crippen LogP contribution is -2.07. The maximum Gasteiger partial charge on any atom is 0.162 e. The van der Waals surface area contributed by atoms with E-state index < -0.39 is 0 Å². The minimum absolute atomic E-state index is 0.0838. The third-order valence-electron chi connectivity index (χ3n) is 6.45. The van der Waals surface area contributed by atoms with Gasteiger partial charge in [-0.3, -0.25) is 4.79 Å². The Morgan fingerprint density at radius 2 is 1.94 bits per heavy atom. The van der Waals surface area contributed by atoms with Gasteiger partial charge in [-0.05, 0) is 55.5 Å². The second-order valence-electron chi connectivity index (χ2n) is 8.78. The Labute approximate surface area is 193 Å². The van der Waals surface area contributed by atoms with Crippen molar-refractivity contribution in [1.29, 1.82) is 0 Å². The normalized spacial score (nSPS) is 13.8. The van der Waals surface area contributed by atoms with Crippen molar-refractivity contribution in [3.63, 3.8) is 0 Å². The maximum absolute atomic E-state index is 12.4. The molecule has 172 valence electrons. The van der Waals surface area contributed by atoms with Gasteiger partial charge in [-0.1, -0.05) is 6.92 Å². The molecule has 1 aliphatic carbocycles. The van der Waals surface area contributed by atoms with Gasteiger partial charge in [0.05, 0.1) is 24.9 Å². The second kappa shape index (κ2) is 8.63. The average molecular weight is 447 g/mol. The van der Waals surface area contributed by atoms with Crippen LogP contribution in [0.2, 0.25) is 0 Å². The summed E-state index contributed by atoms with van der Waals surface area (Å²) in [5, 5.41) is 1.09. The van der Waals surface area contributed by atoms with E-state index in [0.29, 0.717) is 30.3 Å². The minimum atomic E-state index is 0.0838. The van der Waals surface area contributed by atoms with E-state index in [4.69, 9.17) is 19.4 Å². The molecule has 3 heterocycles. The number of aromatic nitrogens is 4. The van der Waals surface area contributed by atoms with E-state index in [1.54, 1.807) is 14.2 Å². The number of carbonyl (C=O) groups excluding carboxylic acids is 1. The Bertz CT molecular complexity index is 1350. The molecule has 0 saturated heterocycles. The van der Waals surface area contributed by atoms with Gasteiger partial charge in [0.1, 0.15) is 16.9 Å². The number of ketones is 1. The fourth-order valence-electron chi connectivity index (χ4n) is 4.62. The highest BCUT2D eigenvalue weighted by Gasteiger charge is 2.27. The molecule has 0 aliphatic heterocycles. The number of fused-ring (bicyclic) bond motifs is 2. The number of nitrogens with zero attached hydrogens (tertiary/aromatic N) is 4. The first-order chi connectivity index (χ1) is 16.1. The van der Waals surface area contributed by atoms with Crippen molar-refractivity contribution >= 4 is 27.9 Å². The minimum Gasteiger partial charge on any atom is -0.494 e. The quantitative estimate of drug-likeness (QED) is 0.329. The molecule has 4 aromatic rings. The summed E-state index contributed by atoms with van der Waals surface area (Å²) in [6, 6.07) is 8.06. The van der Waals surface area contributed by atoms with Crippen LogP contribution in [0, 0.1) is 5.92 Å². The van der Waals surface area contributed by atoms with Crippen LogP contribution in [0.3, 0.4) is 0 Å². The highest BCUT2D eigenvalue weighted by Crippen LogP contribution is 2.38. The van der Waals surface area contributed by atoms with Crippen molar-refractivity contribution in [2.45, 2.75) is 52.8 Å². The molecule has 0 N–H and O–H groups in total. The molecule has 7 nitrogen and oxygen atoms in total. The molecule has 0 radical (unpaired) electrons. The molecule has 1 aliphatic rings. The van der Waals surface area contributed by atoms with Crippen molar-refractivity contribution in [2.75, 3.05) is 14.2 Å². The summed E-state index contributed by atoms with van der Waals surface area (Å²) in [6.07, 6.45) is 4.84. The summed E-state index contributed by atoms with van der Waals surface area (Å²) in [5.74, 6) is 2.32. The number of hydrogen-bond donors (Lipinski definition) is 0. The number of rotatable bonds is 9. The fourth-order valence-corrected chi connectivity index (χ4v) is 4.62. The lowest BCUT2D eigenvalue weighted by molar-refractivity contribution is 0.0988. The first-order valence-electron chi connectivity index (χ1n) is 11.7. The molecule has 0 amide bonds. The van der Waals surface area contributed by atoms with Crippen LogP contribution in [0.4, 0.5) is 0 Å². The summed E-state index contributed by atoms with van der Waals surface area (Å²) in [5.41, 5.74) is 5.40. The molecule has 1 fully saturated rings. The van der Waals surface area contributed by atoms with E-state index in [9.17, 15) is 4.79 Å². The van der Waals surface area contributed by atoms with Crippen LogP contribution in [-0.2, 0) is 24.4 Å². The van der Waals surface area contributed by atoms with E-state index >= 15 is 0 Å². The zero-order valence-corrected chi connectivity index (χ0v) is 19.7. The molecule has 5 rings (SSSR count). The van der Waals surface area contributed by atoms with Crippen LogP contribution in [-0.4, -0.2) is 39.1 Å². The second-order valence-corrected chi connectivity index (χ2v) is 8.78. The number of ether oxygens (including phenoxy) is 2.